The lowest BCUT2D eigenvalue weighted by Gasteiger charge is -2.21. The zero-order valence-corrected chi connectivity index (χ0v) is 14.0. The molecule has 0 aliphatic carbocycles. The van der Waals surface area contributed by atoms with Gasteiger partial charge in [0.1, 0.15) is 0 Å². The van der Waals surface area contributed by atoms with E-state index in [0.29, 0.717) is 5.95 Å². The predicted octanol–water partition coefficient (Wildman–Crippen LogP) is 4.13. The van der Waals surface area contributed by atoms with Crippen LogP contribution in [0.1, 0.15) is 13.8 Å². The molecule has 0 atom stereocenters. The summed E-state index contributed by atoms with van der Waals surface area (Å²) in [5, 5.41) is 3.26. The SMILES string of the molecule is CCN(CC)c1ccc(Nc2nccc(-c3ccncc3)n2)cc1. The molecule has 3 aromatic rings. The van der Waals surface area contributed by atoms with Gasteiger partial charge in [-0.25, -0.2) is 9.97 Å². The minimum Gasteiger partial charge on any atom is -0.372 e. The average Bonchev–Trinajstić information content (AvgIpc) is 2.65. The standard InChI is InChI=1S/C19H21N5/c1-3-24(4-2)17-7-5-16(6-8-17)22-19-21-14-11-18(23-19)15-9-12-20-13-10-15/h5-14H,3-4H2,1-2H3,(H,21,22,23). The summed E-state index contributed by atoms with van der Waals surface area (Å²) in [6, 6.07) is 14.1. The van der Waals surface area contributed by atoms with Crippen LogP contribution in [0.3, 0.4) is 0 Å². The Hall–Kier alpha value is -2.95. The van der Waals surface area contributed by atoms with Gasteiger partial charge in [0, 0.05) is 48.6 Å². The third-order valence-corrected chi connectivity index (χ3v) is 3.88. The van der Waals surface area contributed by atoms with Gasteiger partial charge in [-0.1, -0.05) is 0 Å². The van der Waals surface area contributed by atoms with Crippen LogP contribution in [0, 0.1) is 0 Å². The fourth-order valence-electron chi connectivity index (χ4n) is 2.58. The van der Waals surface area contributed by atoms with E-state index in [4.69, 9.17) is 0 Å². The summed E-state index contributed by atoms with van der Waals surface area (Å²) in [6.07, 6.45) is 5.28. The van der Waals surface area contributed by atoms with Crippen molar-refractivity contribution in [3.8, 4) is 11.3 Å². The third kappa shape index (κ3) is 3.68. The van der Waals surface area contributed by atoms with Crippen LogP contribution in [-0.4, -0.2) is 28.0 Å². The average molecular weight is 319 g/mol. The first kappa shape index (κ1) is 15.9. The zero-order valence-electron chi connectivity index (χ0n) is 14.0. The van der Waals surface area contributed by atoms with Gasteiger partial charge < -0.3 is 10.2 Å². The van der Waals surface area contributed by atoms with Gasteiger partial charge in [0.25, 0.3) is 0 Å². The van der Waals surface area contributed by atoms with Crippen molar-refractivity contribution in [1.29, 1.82) is 0 Å². The maximum absolute atomic E-state index is 4.57. The van der Waals surface area contributed by atoms with Crippen molar-refractivity contribution in [3.63, 3.8) is 0 Å². The van der Waals surface area contributed by atoms with Gasteiger partial charge in [-0.15, -0.1) is 0 Å². The maximum atomic E-state index is 4.57. The van der Waals surface area contributed by atoms with E-state index in [-0.39, 0.29) is 0 Å². The molecule has 0 radical (unpaired) electrons. The van der Waals surface area contributed by atoms with Crippen LogP contribution in [-0.2, 0) is 0 Å². The van der Waals surface area contributed by atoms with Crippen molar-refractivity contribution in [2.75, 3.05) is 23.3 Å². The molecule has 5 heteroatoms. The lowest BCUT2D eigenvalue weighted by Crippen LogP contribution is -2.21. The Balaban J connectivity index is 1.77. The minimum absolute atomic E-state index is 0.583. The van der Waals surface area contributed by atoms with E-state index in [9.17, 15) is 0 Å². The smallest absolute Gasteiger partial charge is 0.227 e. The van der Waals surface area contributed by atoms with Crippen molar-refractivity contribution in [3.05, 3.63) is 61.1 Å². The Kier molecular flexibility index (Phi) is 5.01. The molecule has 0 unspecified atom stereocenters. The highest BCUT2D eigenvalue weighted by Crippen LogP contribution is 2.21. The number of hydrogen-bond acceptors (Lipinski definition) is 5. The molecule has 0 saturated heterocycles. The van der Waals surface area contributed by atoms with E-state index < -0.39 is 0 Å². The monoisotopic (exact) mass is 319 g/mol. The topological polar surface area (TPSA) is 53.9 Å². The van der Waals surface area contributed by atoms with Gasteiger partial charge in [-0.05, 0) is 56.3 Å². The highest BCUT2D eigenvalue weighted by molar-refractivity contribution is 5.63. The summed E-state index contributed by atoms with van der Waals surface area (Å²) in [7, 11) is 0. The van der Waals surface area contributed by atoms with Gasteiger partial charge >= 0.3 is 0 Å². The van der Waals surface area contributed by atoms with E-state index in [1.165, 1.54) is 5.69 Å². The maximum Gasteiger partial charge on any atom is 0.227 e. The summed E-state index contributed by atoms with van der Waals surface area (Å²) < 4.78 is 0. The molecular weight excluding hydrogens is 298 g/mol. The quantitative estimate of drug-likeness (QED) is 0.740. The lowest BCUT2D eigenvalue weighted by atomic mass is 10.2. The number of nitrogens with zero attached hydrogens (tertiary/aromatic N) is 4. The van der Waals surface area contributed by atoms with Gasteiger partial charge in [0.2, 0.25) is 5.95 Å². The van der Waals surface area contributed by atoms with Crippen molar-refractivity contribution in [2.45, 2.75) is 13.8 Å². The molecule has 0 amide bonds. The molecule has 122 valence electrons. The molecule has 3 rings (SSSR count). The minimum atomic E-state index is 0.583. The molecular formula is C19H21N5. The van der Waals surface area contributed by atoms with E-state index in [1.54, 1.807) is 18.6 Å². The molecule has 1 aromatic carbocycles. The van der Waals surface area contributed by atoms with E-state index >= 15 is 0 Å². The normalized spacial score (nSPS) is 10.4. The summed E-state index contributed by atoms with van der Waals surface area (Å²) >= 11 is 0. The van der Waals surface area contributed by atoms with Crippen LogP contribution in [0.4, 0.5) is 17.3 Å². The molecule has 2 aromatic heterocycles. The fraction of sp³-hybridized carbons (Fsp3) is 0.211. The van der Waals surface area contributed by atoms with Crippen LogP contribution in [0.15, 0.2) is 61.1 Å². The first-order valence-electron chi connectivity index (χ1n) is 8.15. The molecule has 1 N–H and O–H groups in total. The Morgan fingerprint density at radius 2 is 1.58 bits per heavy atom. The van der Waals surface area contributed by atoms with Crippen LogP contribution in [0.25, 0.3) is 11.3 Å². The second-order valence-electron chi connectivity index (χ2n) is 5.35. The van der Waals surface area contributed by atoms with E-state index in [1.807, 2.05) is 18.2 Å². The second-order valence-corrected chi connectivity index (χ2v) is 5.35. The molecule has 0 spiro atoms. The van der Waals surface area contributed by atoms with Crippen molar-refractivity contribution >= 4 is 17.3 Å². The van der Waals surface area contributed by atoms with Crippen molar-refractivity contribution in [2.24, 2.45) is 0 Å². The number of rotatable bonds is 6. The Morgan fingerprint density at radius 1 is 0.875 bits per heavy atom. The fourth-order valence-corrected chi connectivity index (χ4v) is 2.58. The zero-order chi connectivity index (χ0) is 16.8. The van der Waals surface area contributed by atoms with E-state index in [2.05, 4.69) is 63.3 Å². The number of aromatic nitrogens is 3. The summed E-state index contributed by atoms with van der Waals surface area (Å²) in [5.41, 5.74) is 4.08. The Labute approximate surface area is 142 Å². The molecule has 0 aliphatic heterocycles. The van der Waals surface area contributed by atoms with Gasteiger partial charge in [-0.2, -0.15) is 0 Å². The summed E-state index contributed by atoms with van der Waals surface area (Å²) in [6.45, 7) is 6.32. The van der Waals surface area contributed by atoms with Gasteiger partial charge in [-0.3, -0.25) is 4.98 Å². The molecule has 5 nitrogen and oxygen atoms in total. The van der Waals surface area contributed by atoms with Crippen LogP contribution < -0.4 is 10.2 Å². The number of anilines is 3. The first-order valence-corrected chi connectivity index (χ1v) is 8.15. The van der Waals surface area contributed by atoms with Gasteiger partial charge in [0.15, 0.2) is 0 Å². The van der Waals surface area contributed by atoms with Crippen LogP contribution in [0.5, 0.6) is 0 Å². The summed E-state index contributed by atoms with van der Waals surface area (Å²) in [5.74, 6) is 0.583. The largest absolute Gasteiger partial charge is 0.372 e. The number of hydrogen-bond donors (Lipinski definition) is 1. The Morgan fingerprint density at radius 3 is 2.25 bits per heavy atom. The molecule has 0 aliphatic rings. The number of nitrogens with one attached hydrogen (secondary N) is 1. The first-order chi connectivity index (χ1) is 11.8. The summed E-state index contributed by atoms with van der Waals surface area (Å²) in [4.78, 5) is 15.2. The highest BCUT2D eigenvalue weighted by atomic mass is 15.1. The van der Waals surface area contributed by atoms with Crippen molar-refractivity contribution in [1.82, 2.24) is 15.0 Å². The highest BCUT2D eigenvalue weighted by Gasteiger charge is 2.04. The number of benzene rings is 1. The lowest BCUT2D eigenvalue weighted by molar-refractivity contribution is 0.866. The third-order valence-electron chi connectivity index (χ3n) is 3.88. The van der Waals surface area contributed by atoms with E-state index in [0.717, 1.165) is 30.0 Å². The number of pyridine rings is 1. The van der Waals surface area contributed by atoms with Crippen LogP contribution in [0.2, 0.25) is 0 Å². The molecule has 0 bridgehead atoms. The van der Waals surface area contributed by atoms with Crippen LogP contribution >= 0.6 is 0 Å². The molecule has 2 heterocycles. The van der Waals surface area contributed by atoms with Crippen molar-refractivity contribution < 1.29 is 0 Å². The predicted molar refractivity (Wildman–Crippen MR) is 98.5 cm³/mol. The second kappa shape index (κ2) is 7.55. The molecule has 24 heavy (non-hydrogen) atoms. The molecule has 0 fully saturated rings. The molecule has 0 saturated carbocycles. The Bertz CT molecular complexity index is 767. The van der Waals surface area contributed by atoms with Gasteiger partial charge in [0.05, 0.1) is 5.69 Å².